The molecule has 2 aromatic carbocycles. The molecule has 2 aliphatic rings. The van der Waals surface area contributed by atoms with Crippen LogP contribution in [-0.2, 0) is 5.60 Å². The second-order valence-electron chi connectivity index (χ2n) is 7.13. The monoisotopic (exact) mass is 378 g/mol. The van der Waals surface area contributed by atoms with Crippen LogP contribution < -0.4 is 4.74 Å². The Kier molecular flexibility index (Phi) is 3.76. The van der Waals surface area contributed by atoms with Crippen molar-refractivity contribution in [3.63, 3.8) is 0 Å². The van der Waals surface area contributed by atoms with Crippen molar-refractivity contribution in [2.45, 2.75) is 18.4 Å². The molecule has 5 rings (SSSR count). The number of benzene rings is 2. The van der Waals surface area contributed by atoms with E-state index in [-0.39, 0.29) is 5.91 Å². The number of aromatic nitrogens is 1. The number of likely N-dealkylation sites (tertiary alicyclic amines) is 1. The molecular weight excluding hydrogens is 360 g/mol. The van der Waals surface area contributed by atoms with Gasteiger partial charge in [0.25, 0.3) is 5.91 Å². The predicted molar refractivity (Wildman–Crippen MR) is 105 cm³/mol. The lowest BCUT2D eigenvalue weighted by Crippen LogP contribution is -2.50. The number of amides is 1. The number of hydrogen-bond acceptors (Lipinski definition) is 2. The number of rotatable bonds is 1. The van der Waals surface area contributed by atoms with Crippen molar-refractivity contribution in [1.82, 2.24) is 9.47 Å². The SMILES string of the molecule is O=C(c1ccccc1)N1CCC2(CC1)Oc1cc(Cl)ccc1-n1cccc12. The summed E-state index contributed by atoms with van der Waals surface area (Å²) in [6, 6.07) is 19.4. The largest absolute Gasteiger partial charge is 0.479 e. The van der Waals surface area contributed by atoms with E-state index in [1.54, 1.807) is 0 Å². The van der Waals surface area contributed by atoms with Gasteiger partial charge in [-0.15, -0.1) is 0 Å². The summed E-state index contributed by atoms with van der Waals surface area (Å²) >= 11 is 6.20. The summed E-state index contributed by atoms with van der Waals surface area (Å²) < 4.78 is 8.70. The molecule has 1 amide bonds. The summed E-state index contributed by atoms with van der Waals surface area (Å²) in [4.78, 5) is 14.7. The topological polar surface area (TPSA) is 34.5 Å². The maximum Gasteiger partial charge on any atom is 0.253 e. The smallest absolute Gasteiger partial charge is 0.253 e. The summed E-state index contributed by atoms with van der Waals surface area (Å²) in [5.41, 5.74) is 2.46. The van der Waals surface area contributed by atoms with E-state index in [1.807, 2.05) is 59.5 Å². The summed E-state index contributed by atoms with van der Waals surface area (Å²) in [6.07, 6.45) is 3.57. The van der Waals surface area contributed by atoms with Crippen LogP contribution >= 0.6 is 11.6 Å². The average Bonchev–Trinajstić information content (AvgIpc) is 3.20. The third-order valence-corrected chi connectivity index (χ3v) is 5.82. The number of ether oxygens (including phenoxy) is 1. The molecule has 0 saturated carbocycles. The highest BCUT2D eigenvalue weighted by Crippen LogP contribution is 2.45. The molecule has 0 atom stereocenters. The second kappa shape index (κ2) is 6.17. The lowest BCUT2D eigenvalue weighted by atomic mass is 9.86. The van der Waals surface area contributed by atoms with Crippen molar-refractivity contribution in [1.29, 1.82) is 0 Å². The maximum absolute atomic E-state index is 12.8. The average molecular weight is 379 g/mol. The number of fused-ring (bicyclic) bond motifs is 4. The summed E-state index contributed by atoms with van der Waals surface area (Å²) in [7, 11) is 0. The Morgan fingerprint density at radius 2 is 1.78 bits per heavy atom. The van der Waals surface area contributed by atoms with Gasteiger partial charge in [-0.25, -0.2) is 0 Å². The Hall–Kier alpha value is -2.72. The summed E-state index contributed by atoms with van der Waals surface area (Å²) in [6.45, 7) is 1.32. The minimum Gasteiger partial charge on any atom is -0.479 e. The van der Waals surface area contributed by atoms with Gasteiger partial charge in [0.05, 0.1) is 11.4 Å². The van der Waals surface area contributed by atoms with Crippen LogP contribution in [0.3, 0.4) is 0 Å². The highest BCUT2D eigenvalue weighted by atomic mass is 35.5. The zero-order chi connectivity index (χ0) is 18.4. The first-order chi connectivity index (χ1) is 13.2. The standard InChI is InChI=1S/C22H19ClN2O2/c23-17-8-9-18-19(15-17)27-22(20-7-4-12-25(18)20)10-13-24(14-11-22)21(26)16-5-2-1-3-6-16/h1-9,12,15H,10-11,13-14H2. The Morgan fingerprint density at radius 1 is 1.00 bits per heavy atom. The number of nitrogens with zero attached hydrogens (tertiary/aromatic N) is 2. The molecule has 2 aliphatic heterocycles. The lowest BCUT2D eigenvalue weighted by Gasteiger charge is -2.45. The summed E-state index contributed by atoms with van der Waals surface area (Å²) in [5, 5.41) is 0.663. The molecule has 1 saturated heterocycles. The molecule has 0 aliphatic carbocycles. The van der Waals surface area contributed by atoms with Gasteiger partial charge in [-0.05, 0) is 36.4 Å². The van der Waals surface area contributed by atoms with E-state index in [0.29, 0.717) is 18.1 Å². The highest BCUT2D eigenvalue weighted by Gasteiger charge is 2.44. The van der Waals surface area contributed by atoms with Crippen molar-refractivity contribution in [3.05, 3.63) is 83.1 Å². The van der Waals surface area contributed by atoms with Gasteiger partial charge in [0.2, 0.25) is 0 Å². The van der Waals surface area contributed by atoms with Crippen molar-refractivity contribution < 1.29 is 9.53 Å². The quantitative estimate of drug-likeness (QED) is 0.617. The molecule has 3 heterocycles. The van der Waals surface area contributed by atoms with Gasteiger partial charge in [0, 0.05) is 48.8 Å². The zero-order valence-corrected chi connectivity index (χ0v) is 15.5. The van der Waals surface area contributed by atoms with E-state index < -0.39 is 5.60 Å². The van der Waals surface area contributed by atoms with Gasteiger partial charge in [-0.3, -0.25) is 4.79 Å². The molecule has 0 bridgehead atoms. The van der Waals surface area contributed by atoms with Gasteiger partial charge in [-0.2, -0.15) is 0 Å². The number of carbonyl (C=O) groups is 1. The Balaban J connectivity index is 1.44. The first-order valence-electron chi connectivity index (χ1n) is 9.17. The predicted octanol–water partition coefficient (Wildman–Crippen LogP) is 4.65. The third-order valence-electron chi connectivity index (χ3n) is 5.58. The van der Waals surface area contributed by atoms with Crippen molar-refractivity contribution in [3.8, 4) is 11.4 Å². The Bertz CT molecular complexity index is 1000. The minimum atomic E-state index is -0.422. The van der Waals surface area contributed by atoms with Gasteiger partial charge in [-0.1, -0.05) is 29.8 Å². The number of hydrogen-bond donors (Lipinski definition) is 0. The third kappa shape index (κ3) is 2.63. The first kappa shape index (κ1) is 16.5. The molecule has 0 radical (unpaired) electrons. The normalized spacial score (nSPS) is 17.1. The number of piperidine rings is 1. The van der Waals surface area contributed by atoms with Crippen LogP contribution in [0.15, 0.2) is 66.9 Å². The van der Waals surface area contributed by atoms with Crippen LogP contribution in [0, 0.1) is 0 Å². The molecule has 4 nitrogen and oxygen atoms in total. The van der Waals surface area contributed by atoms with Crippen LogP contribution in [0.2, 0.25) is 5.02 Å². The van der Waals surface area contributed by atoms with E-state index in [9.17, 15) is 4.79 Å². The molecule has 0 unspecified atom stereocenters. The Morgan fingerprint density at radius 3 is 2.56 bits per heavy atom. The fraction of sp³-hybridized carbons (Fsp3) is 0.227. The van der Waals surface area contributed by atoms with Crippen molar-refractivity contribution in [2.24, 2.45) is 0 Å². The first-order valence-corrected chi connectivity index (χ1v) is 9.55. The van der Waals surface area contributed by atoms with E-state index in [1.165, 1.54) is 0 Å². The van der Waals surface area contributed by atoms with Gasteiger partial charge in [0.1, 0.15) is 5.75 Å². The van der Waals surface area contributed by atoms with E-state index in [0.717, 1.165) is 35.5 Å². The Labute approximate surface area is 162 Å². The molecular formula is C22H19ClN2O2. The molecule has 136 valence electrons. The van der Waals surface area contributed by atoms with E-state index in [2.05, 4.69) is 16.8 Å². The molecule has 27 heavy (non-hydrogen) atoms. The van der Waals surface area contributed by atoms with Crippen LogP contribution in [0.4, 0.5) is 0 Å². The molecule has 5 heteroatoms. The fourth-order valence-electron chi connectivity index (χ4n) is 4.19. The van der Waals surface area contributed by atoms with Crippen LogP contribution in [-0.4, -0.2) is 28.5 Å². The van der Waals surface area contributed by atoms with Crippen LogP contribution in [0.5, 0.6) is 5.75 Å². The molecule has 1 spiro atoms. The van der Waals surface area contributed by atoms with E-state index in [4.69, 9.17) is 16.3 Å². The zero-order valence-electron chi connectivity index (χ0n) is 14.8. The lowest BCUT2D eigenvalue weighted by molar-refractivity contribution is -0.00929. The van der Waals surface area contributed by atoms with E-state index >= 15 is 0 Å². The van der Waals surface area contributed by atoms with Crippen LogP contribution in [0.25, 0.3) is 5.69 Å². The van der Waals surface area contributed by atoms with Gasteiger partial charge in [0.15, 0.2) is 5.60 Å². The number of halogens is 1. The van der Waals surface area contributed by atoms with Gasteiger partial charge >= 0.3 is 0 Å². The van der Waals surface area contributed by atoms with Gasteiger partial charge < -0.3 is 14.2 Å². The molecule has 0 N–H and O–H groups in total. The summed E-state index contributed by atoms with van der Waals surface area (Å²) in [5.74, 6) is 0.883. The fourth-order valence-corrected chi connectivity index (χ4v) is 4.35. The van der Waals surface area contributed by atoms with Crippen LogP contribution in [0.1, 0.15) is 28.9 Å². The molecule has 1 aromatic heterocycles. The molecule has 3 aromatic rings. The maximum atomic E-state index is 12.8. The second-order valence-corrected chi connectivity index (χ2v) is 7.57. The van der Waals surface area contributed by atoms with Crippen molar-refractivity contribution >= 4 is 17.5 Å². The highest BCUT2D eigenvalue weighted by molar-refractivity contribution is 6.30. The minimum absolute atomic E-state index is 0.0834. The van der Waals surface area contributed by atoms with Crippen molar-refractivity contribution in [2.75, 3.05) is 13.1 Å². The molecule has 1 fully saturated rings. The number of carbonyl (C=O) groups excluding carboxylic acids is 1.